The Morgan fingerprint density at radius 2 is 2.00 bits per heavy atom. The predicted octanol–water partition coefficient (Wildman–Crippen LogP) is 2.08. The number of benzene rings is 1. The van der Waals surface area contributed by atoms with E-state index in [-0.39, 0.29) is 11.0 Å². The standard InChI is InChI=1S/C13H18N2O2S/c1-9(2)18(16,17)8-11-7-10-5-4-6-12(14)13(10)15(11)3/h4-7,9H,8,14H2,1-3H3. The smallest absolute Gasteiger partial charge is 0.158 e. The summed E-state index contributed by atoms with van der Waals surface area (Å²) in [5.74, 6) is 0.0509. The predicted molar refractivity (Wildman–Crippen MR) is 75.1 cm³/mol. The number of nitrogens with two attached hydrogens (primary N) is 1. The fraction of sp³-hybridized carbons (Fsp3) is 0.385. The number of hydrogen-bond donors (Lipinski definition) is 1. The molecule has 0 atom stereocenters. The SMILES string of the molecule is CC(C)S(=O)(=O)Cc1cc2cccc(N)c2n1C. The normalized spacial score (nSPS) is 12.4. The van der Waals surface area contributed by atoms with Crippen LogP contribution in [0.3, 0.4) is 0 Å². The number of anilines is 1. The molecule has 18 heavy (non-hydrogen) atoms. The van der Waals surface area contributed by atoms with Gasteiger partial charge in [0.05, 0.1) is 22.2 Å². The molecule has 0 bridgehead atoms. The van der Waals surface area contributed by atoms with Crippen LogP contribution in [0.15, 0.2) is 24.3 Å². The molecule has 0 aliphatic carbocycles. The number of hydrogen-bond acceptors (Lipinski definition) is 3. The lowest BCUT2D eigenvalue weighted by Gasteiger charge is -2.09. The quantitative estimate of drug-likeness (QED) is 0.865. The lowest BCUT2D eigenvalue weighted by Crippen LogP contribution is -2.17. The zero-order valence-electron chi connectivity index (χ0n) is 10.8. The summed E-state index contributed by atoms with van der Waals surface area (Å²) in [6.07, 6.45) is 0. The van der Waals surface area contributed by atoms with Gasteiger partial charge >= 0.3 is 0 Å². The number of para-hydroxylation sites is 1. The number of sulfone groups is 1. The van der Waals surface area contributed by atoms with Crippen molar-refractivity contribution in [1.82, 2.24) is 4.57 Å². The van der Waals surface area contributed by atoms with E-state index in [1.54, 1.807) is 13.8 Å². The van der Waals surface area contributed by atoms with E-state index in [1.165, 1.54) is 0 Å². The molecule has 5 heteroatoms. The molecule has 1 heterocycles. The van der Waals surface area contributed by atoms with Gasteiger partial charge in [0, 0.05) is 18.1 Å². The summed E-state index contributed by atoms with van der Waals surface area (Å²) in [5, 5.41) is 0.610. The molecule has 1 aromatic carbocycles. The first-order valence-electron chi connectivity index (χ1n) is 5.87. The van der Waals surface area contributed by atoms with Crippen molar-refractivity contribution in [3.05, 3.63) is 30.0 Å². The van der Waals surface area contributed by atoms with Crippen LogP contribution in [0.1, 0.15) is 19.5 Å². The second-order valence-corrected chi connectivity index (χ2v) is 7.39. The molecule has 0 saturated carbocycles. The summed E-state index contributed by atoms with van der Waals surface area (Å²) in [5.41, 5.74) is 8.26. The Balaban J connectivity index is 2.54. The highest BCUT2D eigenvalue weighted by molar-refractivity contribution is 7.91. The van der Waals surface area contributed by atoms with Gasteiger partial charge in [-0.15, -0.1) is 0 Å². The molecule has 0 saturated heterocycles. The fourth-order valence-corrected chi connectivity index (χ4v) is 3.04. The molecule has 0 unspecified atom stereocenters. The molecule has 4 nitrogen and oxygen atoms in total. The maximum atomic E-state index is 12.0. The molecule has 98 valence electrons. The summed E-state index contributed by atoms with van der Waals surface area (Å²) in [4.78, 5) is 0. The van der Waals surface area contributed by atoms with E-state index >= 15 is 0 Å². The minimum atomic E-state index is -3.10. The van der Waals surface area contributed by atoms with Gasteiger partial charge in [0.25, 0.3) is 0 Å². The van der Waals surface area contributed by atoms with Crippen LogP contribution in [0.25, 0.3) is 10.9 Å². The van der Waals surface area contributed by atoms with Crippen molar-refractivity contribution in [2.45, 2.75) is 24.9 Å². The Kier molecular flexibility index (Phi) is 3.11. The molecule has 0 amide bonds. The number of rotatable bonds is 3. The first-order valence-corrected chi connectivity index (χ1v) is 7.59. The summed E-state index contributed by atoms with van der Waals surface area (Å²) in [7, 11) is -1.24. The minimum absolute atomic E-state index is 0.0509. The molecule has 0 fully saturated rings. The zero-order valence-corrected chi connectivity index (χ0v) is 11.7. The third-order valence-electron chi connectivity index (χ3n) is 3.25. The summed E-state index contributed by atoms with van der Waals surface area (Å²) < 4.78 is 25.8. The van der Waals surface area contributed by atoms with Crippen molar-refractivity contribution in [3.63, 3.8) is 0 Å². The Hall–Kier alpha value is -1.49. The van der Waals surface area contributed by atoms with E-state index in [4.69, 9.17) is 5.73 Å². The average Bonchev–Trinajstić information content (AvgIpc) is 2.56. The number of fused-ring (bicyclic) bond motifs is 1. The van der Waals surface area contributed by atoms with Gasteiger partial charge in [0.1, 0.15) is 0 Å². The molecule has 0 aliphatic heterocycles. The second kappa shape index (κ2) is 4.31. The van der Waals surface area contributed by atoms with Gasteiger partial charge in [-0.2, -0.15) is 0 Å². The molecule has 0 radical (unpaired) electrons. The number of aromatic nitrogens is 1. The lowest BCUT2D eigenvalue weighted by molar-refractivity contribution is 0.585. The van der Waals surface area contributed by atoms with Crippen molar-refractivity contribution in [2.75, 3.05) is 5.73 Å². The van der Waals surface area contributed by atoms with Crippen LogP contribution in [0.2, 0.25) is 0 Å². The van der Waals surface area contributed by atoms with Crippen LogP contribution in [-0.4, -0.2) is 18.2 Å². The molecule has 1 aromatic heterocycles. The van der Waals surface area contributed by atoms with Gasteiger partial charge in [-0.1, -0.05) is 12.1 Å². The highest BCUT2D eigenvalue weighted by Crippen LogP contribution is 2.25. The highest BCUT2D eigenvalue weighted by Gasteiger charge is 2.19. The third-order valence-corrected chi connectivity index (χ3v) is 5.39. The zero-order chi connectivity index (χ0) is 13.5. The van der Waals surface area contributed by atoms with Crippen LogP contribution in [0, 0.1) is 0 Å². The van der Waals surface area contributed by atoms with Gasteiger partial charge in [0.15, 0.2) is 9.84 Å². The number of nitrogen functional groups attached to an aromatic ring is 1. The summed E-state index contributed by atoms with van der Waals surface area (Å²) >= 11 is 0. The monoisotopic (exact) mass is 266 g/mol. The van der Waals surface area contributed by atoms with E-state index in [1.807, 2.05) is 35.9 Å². The van der Waals surface area contributed by atoms with Gasteiger partial charge < -0.3 is 10.3 Å². The van der Waals surface area contributed by atoms with Crippen LogP contribution in [-0.2, 0) is 22.6 Å². The van der Waals surface area contributed by atoms with Crippen molar-refractivity contribution in [1.29, 1.82) is 0 Å². The lowest BCUT2D eigenvalue weighted by atomic mass is 10.2. The Morgan fingerprint density at radius 1 is 1.33 bits per heavy atom. The first-order chi connectivity index (χ1) is 8.33. The Morgan fingerprint density at radius 3 is 2.56 bits per heavy atom. The largest absolute Gasteiger partial charge is 0.397 e. The highest BCUT2D eigenvalue weighted by atomic mass is 32.2. The summed E-state index contributed by atoms with van der Waals surface area (Å²) in [6, 6.07) is 7.53. The molecule has 2 N–H and O–H groups in total. The fourth-order valence-electron chi connectivity index (χ4n) is 2.01. The van der Waals surface area contributed by atoms with Gasteiger partial charge in [0.2, 0.25) is 0 Å². The van der Waals surface area contributed by atoms with E-state index in [9.17, 15) is 8.42 Å². The molecular formula is C13H18N2O2S. The van der Waals surface area contributed by atoms with Crippen molar-refractivity contribution in [2.24, 2.45) is 7.05 Å². The van der Waals surface area contributed by atoms with Gasteiger partial charge in [-0.3, -0.25) is 0 Å². The number of nitrogens with zero attached hydrogens (tertiary/aromatic N) is 1. The van der Waals surface area contributed by atoms with E-state index in [2.05, 4.69) is 0 Å². The topological polar surface area (TPSA) is 65.1 Å². The van der Waals surface area contributed by atoms with Gasteiger partial charge in [-0.05, 0) is 26.0 Å². The van der Waals surface area contributed by atoms with E-state index in [0.29, 0.717) is 5.69 Å². The van der Waals surface area contributed by atoms with Crippen LogP contribution >= 0.6 is 0 Å². The van der Waals surface area contributed by atoms with Crippen molar-refractivity contribution in [3.8, 4) is 0 Å². The average molecular weight is 266 g/mol. The van der Waals surface area contributed by atoms with Crippen molar-refractivity contribution >= 4 is 26.4 Å². The van der Waals surface area contributed by atoms with Crippen LogP contribution < -0.4 is 5.73 Å². The third kappa shape index (κ3) is 2.10. The van der Waals surface area contributed by atoms with E-state index < -0.39 is 9.84 Å². The van der Waals surface area contributed by atoms with Crippen LogP contribution in [0.4, 0.5) is 5.69 Å². The maximum Gasteiger partial charge on any atom is 0.158 e. The van der Waals surface area contributed by atoms with Gasteiger partial charge in [-0.25, -0.2) is 8.42 Å². The summed E-state index contributed by atoms with van der Waals surface area (Å²) in [6.45, 7) is 3.40. The van der Waals surface area contributed by atoms with Crippen LogP contribution in [0.5, 0.6) is 0 Å². The van der Waals surface area contributed by atoms with E-state index in [0.717, 1.165) is 16.6 Å². The minimum Gasteiger partial charge on any atom is -0.397 e. The Bertz CT molecular complexity index is 684. The Labute approximate surface area is 107 Å². The molecule has 0 aliphatic rings. The molecule has 0 spiro atoms. The molecule has 2 aromatic rings. The molecular weight excluding hydrogens is 248 g/mol. The second-order valence-electron chi connectivity index (χ2n) is 4.84. The van der Waals surface area contributed by atoms with Crippen molar-refractivity contribution < 1.29 is 8.42 Å². The maximum absolute atomic E-state index is 12.0. The number of aryl methyl sites for hydroxylation is 1. The molecule has 2 rings (SSSR count). The first kappa shape index (κ1) is 13.0.